The van der Waals surface area contributed by atoms with Crippen LogP contribution in [0.2, 0.25) is 0 Å². The van der Waals surface area contributed by atoms with E-state index in [0.717, 1.165) is 44.9 Å². The fraction of sp³-hybridized carbons (Fsp3) is 0.812. The van der Waals surface area contributed by atoms with E-state index in [-0.39, 0.29) is 6.42 Å². The number of amides is 1. The molecule has 0 rings (SSSR count). The van der Waals surface area contributed by atoms with Crippen LogP contribution in [0.25, 0.3) is 0 Å². The second-order valence-electron chi connectivity index (χ2n) is 15.7. The maximum absolute atomic E-state index is 12.4. The molecule has 4 unspecified atom stereocenters. The fourth-order valence-corrected chi connectivity index (χ4v) is 6.79. The number of aliphatic hydroxyl groups excluding tert-OH is 4. The van der Waals surface area contributed by atoms with Crippen molar-refractivity contribution < 1.29 is 25.2 Å². The first-order chi connectivity index (χ1) is 26.5. The third-order valence-electron chi connectivity index (χ3n) is 10.5. The molecule has 4 atom stereocenters. The topological polar surface area (TPSA) is 110 Å². The summed E-state index contributed by atoms with van der Waals surface area (Å²) in [6, 6.07) is -1.03. The van der Waals surface area contributed by atoms with Gasteiger partial charge in [-0.1, -0.05) is 184 Å². The van der Waals surface area contributed by atoms with Gasteiger partial charge < -0.3 is 25.7 Å². The molecule has 1 amide bonds. The van der Waals surface area contributed by atoms with Crippen molar-refractivity contribution in [2.24, 2.45) is 0 Å². The van der Waals surface area contributed by atoms with Gasteiger partial charge in [0, 0.05) is 0 Å². The third kappa shape index (κ3) is 35.9. The molecule has 54 heavy (non-hydrogen) atoms. The van der Waals surface area contributed by atoms with Crippen LogP contribution in [0.4, 0.5) is 0 Å². The molecule has 0 aliphatic heterocycles. The van der Waals surface area contributed by atoms with Crippen LogP contribution < -0.4 is 5.32 Å². The summed E-state index contributed by atoms with van der Waals surface area (Å²) in [5.74, 6) is -0.638. The highest BCUT2D eigenvalue weighted by molar-refractivity contribution is 5.80. The molecule has 0 saturated carbocycles. The minimum atomic E-state index is -1.30. The Morgan fingerprint density at radius 3 is 1.19 bits per heavy atom. The van der Waals surface area contributed by atoms with E-state index in [1.807, 2.05) is 6.08 Å². The number of hydrogen-bond acceptors (Lipinski definition) is 5. The van der Waals surface area contributed by atoms with E-state index < -0.39 is 36.9 Å². The highest BCUT2D eigenvalue weighted by Gasteiger charge is 2.28. The molecule has 0 heterocycles. The number of aliphatic hydroxyl groups is 4. The molecule has 0 radical (unpaired) electrons. The molecule has 316 valence electrons. The molecular weight excluding hydrogens is 671 g/mol. The zero-order valence-corrected chi connectivity index (χ0v) is 35.5. The SMILES string of the molecule is CCCCCC/C=C\CCC(O)C(=O)NC(CO)C(O)C(O)CCC/C=C/CC/C=C/CC/C=C/CCCCCCCCCCCCCCCCCCC. The summed E-state index contributed by atoms with van der Waals surface area (Å²) in [6.45, 7) is 3.96. The monoisotopic (exact) mass is 760 g/mol. The smallest absolute Gasteiger partial charge is 0.249 e. The van der Waals surface area contributed by atoms with Crippen molar-refractivity contribution in [2.75, 3.05) is 6.61 Å². The first kappa shape index (κ1) is 52.3. The summed E-state index contributed by atoms with van der Waals surface area (Å²) in [5.41, 5.74) is 0. The summed E-state index contributed by atoms with van der Waals surface area (Å²) < 4.78 is 0. The molecule has 0 aromatic heterocycles. The van der Waals surface area contributed by atoms with E-state index >= 15 is 0 Å². The number of unbranched alkanes of at least 4 members (excludes halogenated alkanes) is 24. The molecule has 0 saturated heterocycles. The number of nitrogens with one attached hydrogen (secondary N) is 1. The Bertz CT molecular complexity index is 900. The maximum Gasteiger partial charge on any atom is 0.249 e. The van der Waals surface area contributed by atoms with Crippen molar-refractivity contribution >= 4 is 5.91 Å². The van der Waals surface area contributed by atoms with Gasteiger partial charge >= 0.3 is 0 Å². The molecule has 5 N–H and O–H groups in total. The lowest BCUT2D eigenvalue weighted by Crippen LogP contribution is -2.53. The quantitative estimate of drug-likeness (QED) is 0.0315. The van der Waals surface area contributed by atoms with Gasteiger partial charge in [0.05, 0.1) is 18.8 Å². The predicted octanol–water partition coefficient (Wildman–Crippen LogP) is 12.3. The largest absolute Gasteiger partial charge is 0.394 e. The van der Waals surface area contributed by atoms with Crippen molar-refractivity contribution in [3.05, 3.63) is 48.6 Å². The van der Waals surface area contributed by atoms with Crippen LogP contribution in [0.1, 0.15) is 219 Å². The number of carbonyl (C=O) groups excluding carboxylic acids is 1. The van der Waals surface area contributed by atoms with Crippen LogP contribution in [0.15, 0.2) is 48.6 Å². The summed E-state index contributed by atoms with van der Waals surface area (Å²) in [5, 5.41) is 43.3. The zero-order chi connectivity index (χ0) is 39.6. The molecule has 0 bridgehead atoms. The first-order valence-corrected chi connectivity index (χ1v) is 23.0. The Hall–Kier alpha value is -1.73. The van der Waals surface area contributed by atoms with Crippen LogP contribution in [0, 0.1) is 0 Å². The first-order valence-electron chi connectivity index (χ1n) is 23.0. The van der Waals surface area contributed by atoms with Gasteiger partial charge in [0.2, 0.25) is 5.91 Å². The lowest BCUT2D eigenvalue weighted by molar-refractivity contribution is -0.132. The van der Waals surface area contributed by atoms with Gasteiger partial charge in [0.25, 0.3) is 0 Å². The van der Waals surface area contributed by atoms with Crippen LogP contribution in [-0.4, -0.2) is 57.3 Å². The summed E-state index contributed by atoms with van der Waals surface area (Å²) in [4.78, 5) is 12.4. The molecule has 6 nitrogen and oxygen atoms in total. The number of allylic oxidation sites excluding steroid dienone is 8. The van der Waals surface area contributed by atoms with Crippen molar-refractivity contribution in [1.29, 1.82) is 0 Å². The highest BCUT2D eigenvalue weighted by atomic mass is 16.3. The van der Waals surface area contributed by atoms with Crippen molar-refractivity contribution in [2.45, 2.75) is 244 Å². The molecule has 0 spiro atoms. The van der Waals surface area contributed by atoms with Crippen molar-refractivity contribution in [3.63, 3.8) is 0 Å². The van der Waals surface area contributed by atoms with Gasteiger partial charge in [0.1, 0.15) is 12.2 Å². The molecule has 6 heteroatoms. The molecule has 0 aromatic rings. The van der Waals surface area contributed by atoms with Gasteiger partial charge in [-0.25, -0.2) is 0 Å². The molecule has 0 aliphatic rings. The zero-order valence-electron chi connectivity index (χ0n) is 35.5. The Morgan fingerprint density at radius 2 is 0.778 bits per heavy atom. The Morgan fingerprint density at radius 1 is 0.444 bits per heavy atom. The van der Waals surface area contributed by atoms with Gasteiger partial charge in [-0.3, -0.25) is 4.79 Å². The summed E-state index contributed by atoms with van der Waals surface area (Å²) in [7, 11) is 0. The summed E-state index contributed by atoms with van der Waals surface area (Å²) in [6.07, 6.45) is 52.0. The lowest BCUT2D eigenvalue weighted by atomic mass is 10.0. The van der Waals surface area contributed by atoms with E-state index in [2.05, 4.69) is 61.7 Å². The number of carbonyl (C=O) groups is 1. The summed E-state index contributed by atoms with van der Waals surface area (Å²) >= 11 is 0. The molecule has 0 aromatic carbocycles. The van der Waals surface area contributed by atoms with E-state index in [0.29, 0.717) is 19.3 Å². The van der Waals surface area contributed by atoms with Gasteiger partial charge in [-0.15, -0.1) is 0 Å². The number of hydrogen-bond donors (Lipinski definition) is 5. The minimum absolute atomic E-state index is 0.271. The van der Waals surface area contributed by atoms with Crippen molar-refractivity contribution in [3.8, 4) is 0 Å². The average Bonchev–Trinajstić information content (AvgIpc) is 3.18. The van der Waals surface area contributed by atoms with E-state index in [1.165, 1.54) is 135 Å². The van der Waals surface area contributed by atoms with Crippen LogP contribution in [0.3, 0.4) is 0 Å². The average molecular weight is 760 g/mol. The lowest BCUT2D eigenvalue weighted by Gasteiger charge is -2.27. The van der Waals surface area contributed by atoms with Gasteiger partial charge in [0.15, 0.2) is 0 Å². The van der Waals surface area contributed by atoms with E-state index in [9.17, 15) is 25.2 Å². The molecule has 0 aliphatic carbocycles. The standard InChI is InChI=1S/C48H89NO5/c1-3-5-7-9-11-13-14-15-16-17-18-19-20-21-22-23-24-25-26-27-28-29-30-31-32-33-34-36-37-39-41-45(51)47(53)44(43-50)49-48(54)46(52)42-40-38-35-12-10-8-6-4-2/h26-27,30-31,34-36,38,44-47,50-53H,3-25,28-29,32-33,37,39-43H2,1-2H3,(H,49,54)/b27-26+,31-30+,36-34+,38-35-. The van der Waals surface area contributed by atoms with Crippen LogP contribution in [-0.2, 0) is 4.79 Å². The molecule has 0 fully saturated rings. The molecular formula is C48H89NO5. The number of rotatable bonds is 41. The van der Waals surface area contributed by atoms with E-state index in [1.54, 1.807) is 0 Å². The second kappa shape index (κ2) is 42.4. The fourth-order valence-electron chi connectivity index (χ4n) is 6.79. The van der Waals surface area contributed by atoms with Crippen LogP contribution >= 0.6 is 0 Å². The van der Waals surface area contributed by atoms with Gasteiger partial charge in [-0.2, -0.15) is 0 Å². The van der Waals surface area contributed by atoms with E-state index in [4.69, 9.17) is 0 Å². The van der Waals surface area contributed by atoms with Crippen molar-refractivity contribution in [1.82, 2.24) is 5.32 Å². The maximum atomic E-state index is 12.4. The Balaban J connectivity index is 3.70. The second-order valence-corrected chi connectivity index (χ2v) is 15.7. The highest BCUT2D eigenvalue weighted by Crippen LogP contribution is 2.15. The normalized spacial score (nSPS) is 14.6. The third-order valence-corrected chi connectivity index (χ3v) is 10.5. The van der Waals surface area contributed by atoms with Gasteiger partial charge in [-0.05, 0) is 83.5 Å². The minimum Gasteiger partial charge on any atom is -0.394 e. The predicted molar refractivity (Wildman–Crippen MR) is 233 cm³/mol. The van der Waals surface area contributed by atoms with Crippen LogP contribution in [0.5, 0.6) is 0 Å². The Labute approximate surface area is 334 Å². The Kier molecular flexibility index (Phi) is 41.1.